The van der Waals surface area contributed by atoms with Gasteiger partial charge in [0, 0.05) is 6.61 Å². The van der Waals surface area contributed by atoms with Gasteiger partial charge in [0.15, 0.2) is 0 Å². The number of ether oxygens (including phenoxy) is 2. The Morgan fingerprint density at radius 1 is 0.680 bits per heavy atom. The first kappa shape index (κ1) is 21.8. The molecular formula is C22H38O3. The lowest BCUT2D eigenvalue weighted by Gasteiger charge is -2.10. The normalized spacial score (nSPS) is 10.8. The van der Waals surface area contributed by atoms with Gasteiger partial charge in [0.25, 0.3) is 0 Å². The molecule has 0 aliphatic carbocycles. The van der Waals surface area contributed by atoms with Gasteiger partial charge in [0.2, 0.25) is 0 Å². The molecular weight excluding hydrogens is 312 g/mol. The van der Waals surface area contributed by atoms with Crippen molar-refractivity contribution in [2.75, 3.05) is 20.8 Å². The van der Waals surface area contributed by atoms with Crippen LogP contribution in [0.3, 0.4) is 0 Å². The van der Waals surface area contributed by atoms with Crippen LogP contribution in [0.15, 0.2) is 18.2 Å². The van der Waals surface area contributed by atoms with Crippen LogP contribution in [0.4, 0.5) is 0 Å². The summed E-state index contributed by atoms with van der Waals surface area (Å²) in [6, 6.07) is 6.05. The van der Waals surface area contributed by atoms with E-state index in [-0.39, 0.29) is 0 Å². The molecule has 144 valence electrons. The third-order valence-corrected chi connectivity index (χ3v) is 4.84. The van der Waals surface area contributed by atoms with E-state index in [1.54, 1.807) is 14.2 Å². The Kier molecular flexibility index (Phi) is 13.2. The maximum atomic E-state index is 8.73. The molecule has 3 nitrogen and oxygen atoms in total. The minimum absolute atomic E-state index is 0.352. The van der Waals surface area contributed by atoms with Crippen molar-refractivity contribution in [3.05, 3.63) is 23.8 Å². The van der Waals surface area contributed by atoms with Gasteiger partial charge in [-0.25, -0.2) is 0 Å². The molecule has 3 heteroatoms. The van der Waals surface area contributed by atoms with Crippen LogP contribution in [0.1, 0.15) is 82.6 Å². The Bertz CT molecular complexity index is 431. The Hall–Kier alpha value is -1.22. The smallest absolute Gasteiger partial charge is 0.122 e. The summed E-state index contributed by atoms with van der Waals surface area (Å²) in [7, 11) is 3.44. The third kappa shape index (κ3) is 10.4. The highest BCUT2D eigenvalue weighted by Gasteiger charge is 2.04. The lowest BCUT2D eigenvalue weighted by molar-refractivity contribution is 0.282. The number of unbranched alkanes of at least 4 members (excludes halogenated alkanes) is 11. The summed E-state index contributed by atoms with van der Waals surface area (Å²) in [5.41, 5.74) is 1.25. The van der Waals surface area contributed by atoms with Crippen molar-refractivity contribution >= 4 is 0 Å². The van der Waals surface area contributed by atoms with E-state index in [0.29, 0.717) is 6.61 Å². The highest BCUT2D eigenvalue weighted by atomic mass is 16.5. The van der Waals surface area contributed by atoms with Crippen LogP contribution in [0.25, 0.3) is 0 Å². The first-order chi connectivity index (χ1) is 12.3. The number of aliphatic hydroxyl groups is 1. The molecule has 0 atom stereocenters. The van der Waals surface area contributed by atoms with Crippen molar-refractivity contribution in [1.29, 1.82) is 0 Å². The Morgan fingerprint density at radius 3 is 1.68 bits per heavy atom. The summed E-state index contributed by atoms with van der Waals surface area (Å²) in [6.45, 7) is 0.352. The van der Waals surface area contributed by atoms with Gasteiger partial charge in [-0.1, -0.05) is 64.2 Å². The Balaban J connectivity index is 1.98. The van der Waals surface area contributed by atoms with Crippen LogP contribution >= 0.6 is 0 Å². The average molecular weight is 351 g/mol. The Labute approximate surface area is 154 Å². The van der Waals surface area contributed by atoms with Crippen molar-refractivity contribution < 1.29 is 14.6 Å². The molecule has 1 aromatic rings. The molecule has 1 N–H and O–H groups in total. The van der Waals surface area contributed by atoms with Gasteiger partial charge >= 0.3 is 0 Å². The van der Waals surface area contributed by atoms with Crippen molar-refractivity contribution in [2.45, 2.75) is 83.5 Å². The number of hydrogen-bond donors (Lipinski definition) is 1. The van der Waals surface area contributed by atoms with Crippen molar-refractivity contribution in [2.24, 2.45) is 0 Å². The molecule has 0 unspecified atom stereocenters. The second-order valence-electron chi connectivity index (χ2n) is 6.89. The summed E-state index contributed by atoms with van der Waals surface area (Å²) in [4.78, 5) is 0. The summed E-state index contributed by atoms with van der Waals surface area (Å²) >= 11 is 0. The van der Waals surface area contributed by atoms with Crippen LogP contribution in [0.2, 0.25) is 0 Å². The molecule has 0 heterocycles. The van der Waals surface area contributed by atoms with E-state index >= 15 is 0 Å². The third-order valence-electron chi connectivity index (χ3n) is 4.84. The molecule has 0 saturated carbocycles. The number of rotatable bonds is 16. The standard InChI is InChI=1S/C22H38O3/c1-24-21-16-17-22(25-2)20(19-21)15-13-11-9-7-5-3-4-6-8-10-12-14-18-23/h16-17,19,23H,3-15,18H2,1-2H3. The van der Waals surface area contributed by atoms with Crippen LogP contribution in [0.5, 0.6) is 11.5 Å². The second kappa shape index (κ2) is 15.1. The van der Waals surface area contributed by atoms with Gasteiger partial charge in [-0.15, -0.1) is 0 Å². The predicted molar refractivity (Wildman–Crippen MR) is 106 cm³/mol. The maximum Gasteiger partial charge on any atom is 0.122 e. The van der Waals surface area contributed by atoms with E-state index in [9.17, 15) is 0 Å². The fourth-order valence-electron chi connectivity index (χ4n) is 3.27. The number of aliphatic hydroxyl groups excluding tert-OH is 1. The average Bonchev–Trinajstić information content (AvgIpc) is 2.65. The molecule has 0 spiro atoms. The van der Waals surface area contributed by atoms with Gasteiger partial charge < -0.3 is 14.6 Å². The molecule has 0 bridgehead atoms. The molecule has 0 aromatic heterocycles. The molecule has 0 amide bonds. The van der Waals surface area contributed by atoms with E-state index in [0.717, 1.165) is 24.3 Å². The zero-order valence-electron chi connectivity index (χ0n) is 16.4. The SMILES string of the molecule is COc1ccc(OC)c(CCCCCCCCCCCCCCO)c1. The largest absolute Gasteiger partial charge is 0.497 e. The zero-order valence-corrected chi connectivity index (χ0v) is 16.4. The summed E-state index contributed by atoms with van der Waals surface area (Å²) in [5, 5.41) is 8.73. The molecule has 1 aromatic carbocycles. The van der Waals surface area contributed by atoms with Crippen LogP contribution in [0, 0.1) is 0 Å². The molecule has 0 radical (unpaired) electrons. The maximum absolute atomic E-state index is 8.73. The molecule has 0 saturated heterocycles. The van der Waals surface area contributed by atoms with E-state index in [4.69, 9.17) is 14.6 Å². The molecule has 0 fully saturated rings. The van der Waals surface area contributed by atoms with Crippen LogP contribution < -0.4 is 9.47 Å². The zero-order chi connectivity index (χ0) is 18.2. The minimum atomic E-state index is 0.352. The van der Waals surface area contributed by atoms with Crippen LogP contribution in [-0.2, 0) is 6.42 Å². The first-order valence-corrected chi connectivity index (χ1v) is 10.1. The van der Waals surface area contributed by atoms with E-state index in [1.165, 1.54) is 76.2 Å². The van der Waals surface area contributed by atoms with E-state index in [1.807, 2.05) is 12.1 Å². The summed E-state index contributed by atoms with van der Waals surface area (Å²) < 4.78 is 10.7. The van der Waals surface area contributed by atoms with E-state index < -0.39 is 0 Å². The van der Waals surface area contributed by atoms with Gasteiger partial charge in [-0.2, -0.15) is 0 Å². The lowest BCUT2D eigenvalue weighted by atomic mass is 10.0. The first-order valence-electron chi connectivity index (χ1n) is 10.1. The van der Waals surface area contributed by atoms with Gasteiger partial charge in [0.1, 0.15) is 11.5 Å². The highest BCUT2D eigenvalue weighted by molar-refractivity contribution is 5.40. The number of hydrogen-bond acceptors (Lipinski definition) is 3. The van der Waals surface area contributed by atoms with Gasteiger partial charge in [-0.05, 0) is 43.0 Å². The molecule has 0 aliphatic rings. The lowest BCUT2D eigenvalue weighted by Crippen LogP contribution is -1.94. The van der Waals surface area contributed by atoms with Crippen molar-refractivity contribution in [3.8, 4) is 11.5 Å². The van der Waals surface area contributed by atoms with Crippen molar-refractivity contribution in [1.82, 2.24) is 0 Å². The van der Waals surface area contributed by atoms with Gasteiger partial charge in [0.05, 0.1) is 14.2 Å². The van der Waals surface area contributed by atoms with Gasteiger partial charge in [-0.3, -0.25) is 0 Å². The topological polar surface area (TPSA) is 38.7 Å². The molecule has 0 aliphatic heterocycles. The van der Waals surface area contributed by atoms with Crippen molar-refractivity contribution in [3.63, 3.8) is 0 Å². The predicted octanol–water partition coefficient (Wildman–Crippen LogP) is 5.92. The second-order valence-corrected chi connectivity index (χ2v) is 6.89. The fraction of sp³-hybridized carbons (Fsp3) is 0.727. The highest BCUT2D eigenvalue weighted by Crippen LogP contribution is 2.25. The molecule has 1 rings (SSSR count). The molecule has 25 heavy (non-hydrogen) atoms. The van der Waals surface area contributed by atoms with E-state index in [2.05, 4.69) is 6.07 Å². The Morgan fingerprint density at radius 2 is 1.20 bits per heavy atom. The monoisotopic (exact) mass is 350 g/mol. The quantitative estimate of drug-likeness (QED) is 0.376. The number of benzene rings is 1. The fourth-order valence-corrected chi connectivity index (χ4v) is 3.27. The summed E-state index contributed by atoms with van der Waals surface area (Å²) in [5.74, 6) is 1.88. The minimum Gasteiger partial charge on any atom is -0.497 e. The number of methoxy groups -OCH3 is 2. The summed E-state index contributed by atoms with van der Waals surface area (Å²) in [6.07, 6.45) is 16.5. The van der Waals surface area contributed by atoms with Crippen LogP contribution in [-0.4, -0.2) is 25.9 Å². The number of aryl methyl sites for hydroxylation is 1.